The Kier molecular flexibility index (Phi) is 5.83. The third kappa shape index (κ3) is 4.21. The van der Waals surface area contributed by atoms with Gasteiger partial charge in [-0.15, -0.1) is 0 Å². The second kappa shape index (κ2) is 8.48. The summed E-state index contributed by atoms with van der Waals surface area (Å²) in [5.41, 5.74) is 2.93. The van der Waals surface area contributed by atoms with Gasteiger partial charge in [0.25, 0.3) is 0 Å². The van der Waals surface area contributed by atoms with Crippen LogP contribution < -0.4 is 4.74 Å². The predicted octanol–water partition coefficient (Wildman–Crippen LogP) is 5.88. The van der Waals surface area contributed by atoms with E-state index >= 15 is 0 Å². The van der Waals surface area contributed by atoms with Gasteiger partial charge < -0.3 is 4.74 Å². The molecule has 0 amide bonds. The van der Waals surface area contributed by atoms with Gasteiger partial charge in [0.2, 0.25) is 0 Å². The van der Waals surface area contributed by atoms with Gasteiger partial charge in [-0.25, -0.2) is 0 Å². The Balaban J connectivity index is 1.39. The molecule has 1 heterocycles. The summed E-state index contributed by atoms with van der Waals surface area (Å²) in [7, 11) is 1.74. The molecule has 144 valence electrons. The van der Waals surface area contributed by atoms with Gasteiger partial charge in [-0.1, -0.05) is 42.5 Å². The number of fused-ring (bicyclic) bond motifs is 1. The number of rotatable bonds is 5. The van der Waals surface area contributed by atoms with Crippen LogP contribution >= 0.6 is 0 Å². The van der Waals surface area contributed by atoms with Crippen molar-refractivity contribution in [1.29, 1.82) is 0 Å². The number of hydrogen-bond donors (Lipinski definition) is 0. The Bertz CT molecular complexity index is 711. The summed E-state index contributed by atoms with van der Waals surface area (Å²) in [6.45, 7) is 3.67. The van der Waals surface area contributed by atoms with Crippen molar-refractivity contribution in [2.45, 2.75) is 57.5 Å². The summed E-state index contributed by atoms with van der Waals surface area (Å²) in [6.07, 6.45) is 8.12. The minimum Gasteiger partial charge on any atom is -0.497 e. The maximum atomic E-state index is 5.29. The standard InChI is InChI=1S/C25H33NO/c1-19(22-7-4-3-5-8-22)26-16-6-9-23-18-21(12-15-25(23)26)17-20-10-13-24(27-2)14-11-20/h3-5,7-8,10-11,13-14,19,21,23,25H,6,9,12,15-18H2,1-2H3/t19?,21-,23+,25+/m0/s1. The molecule has 2 fully saturated rings. The van der Waals surface area contributed by atoms with Crippen LogP contribution in [-0.4, -0.2) is 24.6 Å². The zero-order valence-electron chi connectivity index (χ0n) is 16.8. The number of hydrogen-bond acceptors (Lipinski definition) is 2. The lowest BCUT2D eigenvalue weighted by Crippen LogP contribution is -2.49. The first-order chi connectivity index (χ1) is 13.2. The minimum atomic E-state index is 0.539. The highest BCUT2D eigenvalue weighted by molar-refractivity contribution is 5.27. The Morgan fingerprint density at radius 1 is 1.00 bits per heavy atom. The highest BCUT2D eigenvalue weighted by Gasteiger charge is 2.38. The first-order valence-electron chi connectivity index (χ1n) is 10.7. The molecule has 27 heavy (non-hydrogen) atoms. The second-order valence-electron chi connectivity index (χ2n) is 8.53. The van der Waals surface area contributed by atoms with Crippen molar-refractivity contribution in [2.75, 3.05) is 13.7 Å². The Morgan fingerprint density at radius 3 is 2.52 bits per heavy atom. The second-order valence-corrected chi connectivity index (χ2v) is 8.53. The monoisotopic (exact) mass is 363 g/mol. The Hall–Kier alpha value is -1.80. The normalized spacial score (nSPS) is 27.0. The summed E-state index contributed by atoms with van der Waals surface area (Å²) in [4.78, 5) is 2.81. The first kappa shape index (κ1) is 18.6. The highest BCUT2D eigenvalue weighted by Crippen LogP contribution is 2.42. The molecule has 0 aromatic heterocycles. The zero-order valence-corrected chi connectivity index (χ0v) is 16.8. The van der Waals surface area contributed by atoms with Crippen molar-refractivity contribution in [3.63, 3.8) is 0 Å². The van der Waals surface area contributed by atoms with Gasteiger partial charge in [0, 0.05) is 12.1 Å². The summed E-state index contributed by atoms with van der Waals surface area (Å²) in [6, 6.07) is 21.1. The fourth-order valence-corrected chi connectivity index (χ4v) is 5.48. The largest absolute Gasteiger partial charge is 0.497 e. The first-order valence-corrected chi connectivity index (χ1v) is 10.7. The van der Waals surface area contributed by atoms with Crippen LogP contribution in [0.4, 0.5) is 0 Å². The van der Waals surface area contributed by atoms with Gasteiger partial charge >= 0.3 is 0 Å². The smallest absolute Gasteiger partial charge is 0.118 e. The van der Waals surface area contributed by atoms with E-state index in [9.17, 15) is 0 Å². The van der Waals surface area contributed by atoms with Crippen LogP contribution in [0.3, 0.4) is 0 Å². The third-order valence-corrected chi connectivity index (χ3v) is 6.93. The third-order valence-electron chi connectivity index (χ3n) is 6.93. The molecule has 2 nitrogen and oxygen atoms in total. The van der Waals surface area contributed by atoms with Crippen LogP contribution in [0.2, 0.25) is 0 Å². The van der Waals surface area contributed by atoms with Gasteiger partial charge in [-0.05, 0) is 87.1 Å². The summed E-state index contributed by atoms with van der Waals surface area (Å²) < 4.78 is 5.29. The molecule has 4 atom stereocenters. The molecule has 0 radical (unpaired) electrons. The maximum absolute atomic E-state index is 5.29. The molecule has 0 spiro atoms. The van der Waals surface area contributed by atoms with Crippen molar-refractivity contribution >= 4 is 0 Å². The van der Waals surface area contributed by atoms with Crippen LogP contribution in [0.15, 0.2) is 54.6 Å². The van der Waals surface area contributed by atoms with E-state index < -0.39 is 0 Å². The number of nitrogens with zero attached hydrogens (tertiary/aromatic N) is 1. The van der Waals surface area contributed by atoms with Crippen molar-refractivity contribution in [1.82, 2.24) is 4.90 Å². The van der Waals surface area contributed by atoms with Gasteiger partial charge in [-0.3, -0.25) is 4.90 Å². The Labute approximate surface area is 164 Å². The molecule has 2 aromatic rings. The molecule has 1 saturated heterocycles. The molecule has 1 unspecified atom stereocenters. The van der Waals surface area contributed by atoms with Crippen molar-refractivity contribution < 1.29 is 4.74 Å². The molecule has 0 N–H and O–H groups in total. The van der Waals surface area contributed by atoms with E-state index in [-0.39, 0.29) is 0 Å². The summed E-state index contributed by atoms with van der Waals surface area (Å²) in [5, 5.41) is 0. The van der Waals surface area contributed by atoms with Crippen molar-refractivity contribution in [3.8, 4) is 5.75 Å². The van der Waals surface area contributed by atoms with E-state index in [0.717, 1.165) is 23.6 Å². The number of methoxy groups -OCH3 is 1. The van der Waals surface area contributed by atoms with Crippen LogP contribution in [0.1, 0.15) is 56.2 Å². The lowest BCUT2D eigenvalue weighted by atomic mass is 9.71. The average Bonchev–Trinajstić information content (AvgIpc) is 2.74. The van der Waals surface area contributed by atoms with Crippen LogP contribution in [0, 0.1) is 11.8 Å². The number of ether oxygens (including phenoxy) is 1. The van der Waals surface area contributed by atoms with E-state index in [1.807, 2.05) is 0 Å². The minimum absolute atomic E-state index is 0.539. The van der Waals surface area contributed by atoms with Gasteiger partial charge in [0.05, 0.1) is 7.11 Å². The number of benzene rings is 2. The topological polar surface area (TPSA) is 12.5 Å². The molecule has 1 aliphatic heterocycles. The molecular formula is C25H33NO. The van der Waals surface area contributed by atoms with Gasteiger partial charge in [-0.2, -0.15) is 0 Å². The quantitative estimate of drug-likeness (QED) is 0.658. The van der Waals surface area contributed by atoms with E-state index in [0.29, 0.717) is 6.04 Å². The highest BCUT2D eigenvalue weighted by atomic mass is 16.5. The Morgan fingerprint density at radius 2 is 1.78 bits per heavy atom. The fourth-order valence-electron chi connectivity index (χ4n) is 5.48. The fraction of sp³-hybridized carbons (Fsp3) is 0.520. The van der Waals surface area contributed by atoms with Crippen LogP contribution in [-0.2, 0) is 6.42 Å². The van der Waals surface area contributed by atoms with E-state index in [2.05, 4.69) is 66.4 Å². The molecule has 0 bridgehead atoms. The van der Waals surface area contributed by atoms with E-state index in [1.54, 1.807) is 7.11 Å². The average molecular weight is 364 g/mol. The molecule has 2 aromatic carbocycles. The molecule has 1 aliphatic carbocycles. The van der Waals surface area contributed by atoms with E-state index in [1.165, 1.54) is 56.2 Å². The molecule has 2 aliphatic rings. The lowest BCUT2D eigenvalue weighted by molar-refractivity contribution is 0.0155. The molecule has 1 saturated carbocycles. The number of likely N-dealkylation sites (tertiary alicyclic amines) is 1. The molecule has 2 heteroatoms. The van der Waals surface area contributed by atoms with Crippen molar-refractivity contribution in [3.05, 3.63) is 65.7 Å². The maximum Gasteiger partial charge on any atom is 0.118 e. The summed E-state index contributed by atoms with van der Waals surface area (Å²) in [5.74, 6) is 2.67. The predicted molar refractivity (Wildman–Crippen MR) is 112 cm³/mol. The number of piperidine rings is 1. The van der Waals surface area contributed by atoms with Crippen molar-refractivity contribution in [2.24, 2.45) is 11.8 Å². The summed E-state index contributed by atoms with van der Waals surface area (Å²) >= 11 is 0. The zero-order chi connectivity index (χ0) is 18.6. The lowest BCUT2D eigenvalue weighted by Gasteiger charge is -2.48. The SMILES string of the molecule is COc1ccc(C[C@@H]2CC[C@@H]3[C@H](CCCN3C(C)c3ccccc3)C2)cc1. The van der Waals surface area contributed by atoms with Crippen LogP contribution in [0.5, 0.6) is 5.75 Å². The van der Waals surface area contributed by atoms with Crippen LogP contribution in [0.25, 0.3) is 0 Å². The van der Waals surface area contributed by atoms with Gasteiger partial charge in [0.1, 0.15) is 5.75 Å². The molecular weight excluding hydrogens is 330 g/mol. The van der Waals surface area contributed by atoms with E-state index in [4.69, 9.17) is 4.74 Å². The molecule has 4 rings (SSSR count). The van der Waals surface area contributed by atoms with Gasteiger partial charge in [0.15, 0.2) is 0 Å².